The van der Waals surface area contributed by atoms with Gasteiger partial charge in [0, 0.05) is 32.1 Å². The molecule has 1 saturated heterocycles. The minimum Gasteiger partial charge on any atom is -0.342 e. The Kier molecular flexibility index (Phi) is 6.50. The van der Waals surface area contributed by atoms with Crippen LogP contribution < -0.4 is 0 Å². The topological polar surface area (TPSA) is 40.6 Å². The molecule has 0 aromatic heterocycles. The van der Waals surface area contributed by atoms with Gasteiger partial charge in [-0.2, -0.15) is 0 Å². The predicted octanol–water partition coefficient (Wildman–Crippen LogP) is 2.53. The predicted molar refractivity (Wildman–Crippen MR) is 81.3 cm³/mol. The van der Waals surface area contributed by atoms with Crippen LogP contribution in [0.25, 0.3) is 0 Å². The Morgan fingerprint density at radius 3 is 2.35 bits per heavy atom. The molecule has 0 N–H and O–H groups in total. The third kappa shape index (κ3) is 3.97. The number of hydrogen-bond acceptors (Lipinski definition) is 2. The lowest BCUT2D eigenvalue weighted by Gasteiger charge is -2.28. The fraction of sp³-hybridized carbons (Fsp3) is 0.875. The first-order chi connectivity index (χ1) is 9.44. The fourth-order valence-electron chi connectivity index (χ4n) is 3.05. The minimum atomic E-state index is -0.137. The van der Waals surface area contributed by atoms with Crippen molar-refractivity contribution in [2.75, 3.05) is 19.6 Å². The highest BCUT2D eigenvalue weighted by Gasteiger charge is 2.38. The summed E-state index contributed by atoms with van der Waals surface area (Å²) >= 11 is 0. The zero-order valence-corrected chi connectivity index (χ0v) is 13.7. The van der Waals surface area contributed by atoms with Crippen molar-refractivity contribution in [3.63, 3.8) is 0 Å². The van der Waals surface area contributed by atoms with Gasteiger partial charge in [0.25, 0.3) is 0 Å². The van der Waals surface area contributed by atoms with Crippen LogP contribution in [0.15, 0.2) is 0 Å². The molecule has 1 aliphatic heterocycles. The van der Waals surface area contributed by atoms with Gasteiger partial charge in [0.1, 0.15) is 0 Å². The van der Waals surface area contributed by atoms with Crippen LogP contribution in [0.5, 0.6) is 0 Å². The second-order valence-corrected chi connectivity index (χ2v) is 6.19. The first kappa shape index (κ1) is 17.0. The van der Waals surface area contributed by atoms with Crippen molar-refractivity contribution in [2.45, 2.75) is 59.9 Å². The first-order valence-corrected chi connectivity index (χ1v) is 8.02. The van der Waals surface area contributed by atoms with Gasteiger partial charge < -0.3 is 9.80 Å². The van der Waals surface area contributed by atoms with E-state index < -0.39 is 0 Å². The van der Waals surface area contributed by atoms with Crippen molar-refractivity contribution in [3.05, 3.63) is 0 Å². The number of likely N-dealkylation sites (tertiary alicyclic amines) is 1. The number of amides is 2. The summed E-state index contributed by atoms with van der Waals surface area (Å²) in [4.78, 5) is 28.5. The normalized spacial score (nSPS) is 19.2. The lowest BCUT2D eigenvalue weighted by atomic mass is 10.1. The summed E-state index contributed by atoms with van der Waals surface area (Å²) in [7, 11) is 0. The van der Waals surface area contributed by atoms with E-state index in [1.165, 1.54) is 0 Å². The molecule has 1 heterocycles. The molecule has 116 valence electrons. The summed E-state index contributed by atoms with van der Waals surface area (Å²) in [5.74, 6) is 0.633. The molecule has 1 fully saturated rings. The summed E-state index contributed by atoms with van der Waals surface area (Å²) in [5, 5.41) is 0. The van der Waals surface area contributed by atoms with Crippen LogP contribution in [-0.4, -0.2) is 47.3 Å². The molecule has 4 heteroatoms. The summed E-state index contributed by atoms with van der Waals surface area (Å²) in [6.45, 7) is 12.6. The van der Waals surface area contributed by atoms with E-state index in [9.17, 15) is 9.59 Å². The quantitative estimate of drug-likeness (QED) is 0.720. The molecule has 1 rings (SSSR count). The lowest BCUT2D eigenvalue weighted by Crippen LogP contribution is -2.40. The Morgan fingerprint density at radius 2 is 1.90 bits per heavy atom. The highest BCUT2D eigenvalue weighted by molar-refractivity contribution is 5.89. The van der Waals surface area contributed by atoms with Crippen molar-refractivity contribution < 1.29 is 9.59 Å². The summed E-state index contributed by atoms with van der Waals surface area (Å²) < 4.78 is 0. The van der Waals surface area contributed by atoms with Crippen molar-refractivity contribution in [2.24, 2.45) is 11.8 Å². The van der Waals surface area contributed by atoms with Gasteiger partial charge in [0.05, 0.1) is 5.92 Å². The van der Waals surface area contributed by atoms with E-state index >= 15 is 0 Å². The highest BCUT2D eigenvalue weighted by Crippen LogP contribution is 2.24. The summed E-state index contributed by atoms with van der Waals surface area (Å²) in [6, 6.07) is 0.292. The van der Waals surface area contributed by atoms with E-state index in [0.717, 1.165) is 25.9 Å². The molecule has 0 aromatic carbocycles. The average molecular weight is 282 g/mol. The average Bonchev–Trinajstić information content (AvgIpc) is 2.79. The van der Waals surface area contributed by atoms with Crippen LogP contribution in [0.1, 0.15) is 53.9 Å². The monoisotopic (exact) mass is 282 g/mol. The molecule has 20 heavy (non-hydrogen) atoms. The Bertz CT molecular complexity index is 337. The molecule has 2 amide bonds. The molecule has 0 aromatic rings. The van der Waals surface area contributed by atoms with E-state index in [-0.39, 0.29) is 17.7 Å². The molecule has 1 unspecified atom stereocenters. The maximum Gasteiger partial charge on any atom is 0.227 e. The standard InChI is InChI=1S/C16H30N2O2/c1-6-14(7-2)18-11-13(9-15(18)19)16(20)17(8-3)10-12(4)5/h12-14H,6-11H2,1-5H3. The molecule has 0 aliphatic carbocycles. The van der Waals surface area contributed by atoms with Crippen LogP contribution in [0.2, 0.25) is 0 Å². The first-order valence-electron chi connectivity index (χ1n) is 8.02. The number of hydrogen-bond donors (Lipinski definition) is 0. The Balaban J connectivity index is 2.69. The van der Waals surface area contributed by atoms with Gasteiger partial charge in [0.2, 0.25) is 11.8 Å². The number of rotatable bonds is 7. The molecule has 0 saturated carbocycles. The number of carbonyl (C=O) groups excluding carboxylic acids is 2. The maximum atomic E-state index is 12.5. The molecule has 0 bridgehead atoms. The smallest absolute Gasteiger partial charge is 0.227 e. The van der Waals surface area contributed by atoms with Gasteiger partial charge in [-0.15, -0.1) is 0 Å². The van der Waals surface area contributed by atoms with Gasteiger partial charge in [0.15, 0.2) is 0 Å². The fourth-order valence-corrected chi connectivity index (χ4v) is 3.05. The van der Waals surface area contributed by atoms with Gasteiger partial charge in [-0.05, 0) is 25.7 Å². The molecule has 0 spiro atoms. The molecular formula is C16H30N2O2. The largest absolute Gasteiger partial charge is 0.342 e. The van der Waals surface area contributed by atoms with Crippen molar-refractivity contribution >= 4 is 11.8 Å². The molecular weight excluding hydrogens is 252 g/mol. The van der Waals surface area contributed by atoms with E-state index in [2.05, 4.69) is 27.7 Å². The highest BCUT2D eigenvalue weighted by atomic mass is 16.2. The maximum absolute atomic E-state index is 12.5. The van der Waals surface area contributed by atoms with Crippen LogP contribution in [0, 0.1) is 11.8 Å². The van der Waals surface area contributed by atoms with Crippen molar-refractivity contribution in [1.82, 2.24) is 9.80 Å². The second-order valence-electron chi connectivity index (χ2n) is 6.19. The summed E-state index contributed by atoms with van der Waals surface area (Å²) in [5.41, 5.74) is 0. The Morgan fingerprint density at radius 1 is 1.30 bits per heavy atom. The zero-order chi connectivity index (χ0) is 15.3. The van der Waals surface area contributed by atoms with Gasteiger partial charge in [-0.3, -0.25) is 9.59 Å². The second kappa shape index (κ2) is 7.65. The van der Waals surface area contributed by atoms with Gasteiger partial charge >= 0.3 is 0 Å². The van der Waals surface area contributed by atoms with Crippen LogP contribution in [0.3, 0.4) is 0 Å². The van der Waals surface area contributed by atoms with Gasteiger partial charge in [-0.1, -0.05) is 27.7 Å². The number of nitrogens with zero attached hydrogens (tertiary/aromatic N) is 2. The molecule has 1 atom stereocenters. The van der Waals surface area contributed by atoms with Crippen LogP contribution in [-0.2, 0) is 9.59 Å². The third-order valence-electron chi connectivity index (χ3n) is 4.17. The van der Waals surface area contributed by atoms with Crippen LogP contribution >= 0.6 is 0 Å². The van der Waals surface area contributed by atoms with Crippen LogP contribution in [0.4, 0.5) is 0 Å². The van der Waals surface area contributed by atoms with E-state index in [0.29, 0.717) is 24.9 Å². The number of carbonyl (C=O) groups is 2. The van der Waals surface area contributed by atoms with E-state index in [1.807, 2.05) is 16.7 Å². The molecule has 0 radical (unpaired) electrons. The third-order valence-corrected chi connectivity index (χ3v) is 4.17. The lowest BCUT2D eigenvalue weighted by molar-refractivity contribution is -0.136. The zero-order valence-electron chi connectivity index (χ0n) is 13.7. The summed E-state index contributed by atoms with van der Waals surface area (Å²) in [6.07, 6.45) is 2.32. The SMILES string of the molecule is CCC(CC)N1CC(C(=O)N(CC)CC(C)C)CC1=O. The molecule has 4 nitrogen and oxygen atoms in total. The van der Waals surface area contributed by atoms with E-state index in [4.69, 9.17) is 0 Å². The molecule has 1 aliphatic rings. The van der Waals surface area contributed by atoms with Crippen molar-refractivity contribution in [3.8, 4) is 0 Å². The van der Waals surface area contributed by atoms with E-state index in [1.54, 1.807) is 0 Å². The Hall–Kier alpha value is -1.06. The van der Waals surface area contributed by atoms with Crippen molar-refractivity contribution in [1.29, 1.82) is 0 Å². The minimum absolute atomic E-state index is 0.137. The Labute approximate surface area is 123 Å². The van der Waals surface area contributed by atoms with Gasteiger partial charge in [-0.25, -0.2) is 0 Å².